The zero-order valence-electron chi connectivity index (χ0n) is 9.84. The van der Waals surface area contributed by atoms with E-state index < -0.39 is 9.05 Å². The lowest BCUT2D eigenvalue weighted by Gasteiger charge is -2.15. The minimum atomic E-state index is -3.57. The van der Waals surface area contributed by atoms with Gasteiger partial charge in [-0.1, -0.05) is 6.07 Å². The Kier molecular flexibility index (Phi) is 3.59. The molecule has 0 aromatic carbocycles. The molecule has 1 unspecified atom stereocenters. The molecule has 98 valence electrons. The summed E-state index contributed by atoms with van der Waals surface area (Å²) in [7, 11) is 1.63. The van der Waals surface area contributed by atoms with Crippen molar-refractivity contribution in [2.24, 2.45) is 5.92 Å². The third kappa shape index (κ3) is 3.20. The highest BCUT2D eigenvalue weighted by Crippen LogP contribution is 2.25. The number of anilines is 1. The molecule has 1 aliphatic rings. The van der Waals surface area contributed by atoms with Crippen molar-refractivity contribution >= 4 is 31.5 Å². The van der Waals surface area contributed by atoms with E-state index in [1.54, 1.807) is 12.3 Å². The number of hydrogen-bond acceptors (Lipinski definition) is 4. The quantitative estimate of drug-likeness (QED) is 0.787. The van der Waals surface area contributed by atoms with Gasteiger partial charge < -0.3 is 0 Å². The summed E-state index contributed by atoms with van der Waals surface area (Å²) in [5.41, 5.74) is 1.00. The fraction of sp³-hybridized carbons (Fsp3) is 0.455. The Morgan fingerprint density at radius 3 is 2.78 bits per heavy atom. The van der Waals surface area contributed by atoms with Crippen LogP contribution >= 0.6 is 10.7 Å². The fourth-order valence-corrected chi connectivity index (χ4v) is 3.34. The average Bonchev–Trinajstić information content (AvgIpc) is 2.58. The lowest BCUT2D eigenvalue weighted by Crippen LogP contribution is -2.26. The molecule has 1 amide bonds. The van der Waals surface area contributed by atoms with Crippen LogP contribution in [0.3, 0.4) is 0 Å². The molecule has 18 heavy (non-hydrogen) atoms. The van der Waals surface area contributed by atoms with Crippen molar-refractivity contribution in [3.05, 3.63) is 23.9 Å². The number of carbonyl (C=O) groups is 1. The Labute approximate surface area is 110 Å². The molecule has 1 aliphatic heterocycles. The normalized spacial score (nSPS) is 20.4. The summed E-state index contributed by atoms with van der Waals surface area (Å²) in [5, 5.41) is 0. The van der Waals surface area contributed by atoms with Crippen LogP contribution in [0.25, 0.3) is 0 Å². The summed E-state index contributed by atoms with van der Waals surface area (Å²) in [6, 6.07) is 3.62. The van der Waals surface area contributed by atoms with E-state index in [1.807, 2.05) is 13.0 Å². The van der Waals surface area contributed by atoms with Crippen molar-refractivity contribution in [2.45, 2.75) is 13.3 Å². The second-order valence-electron chi connectivity index (χ2n) is 4.47. The lowest BCUT2D eigenvalue weighted by atomic mass is 10.1. The Morgan fingerprint density at radius 1 is 1.50 bits per heavy atom. The number of aromatic nitrogens is 1. The van der Waals surface area contributed by atoms with Gasteiger partial charge in [-0.25, -0.2) is 13.4 Å². The molecule has 1 atom stereocenters. The van der Waals surface area contributed by atoms with Crippen molar-refractivity contribution < 1.29 is 13.2 Å². The summed E-state index contributed by atoms with van der Waals surface area (Å²) in [6.07, 6.45) is 1.87. The van der Waals surface area contributed by atoms with E-state index >= 15 is 0 Å². The summed E-state index contributed by atoms with van der Waals surface area (Å²) in [4.78, 5) is 17.5. The van der Waals surface area contributed by atoms with Crippen molar-refractivity contribution in [1.82, 2.24) is 4.98 Å². The first kappa shape index (κ1) is 13.3. The van der Waals surface area contributed by atoms with E-state index in [9.17, 15) is 13.2 Å². The van der Waals surface area contributed by atoms with Crippen molar-refractivity contribution in [1.29, 1.82) is 0 Å². The first-order chi connectivity index (χ1) is 8.35. The van der Waals surface area contributed by atoms with Crippen molar-refractivity contribution in [3.63, 3.8) is 0 Å². The standard InChI is InChI=1S/C11H13ClN2O3S/c1-8-2-3-10(13-5-8)14-6-9(4-11(14)15)7-18(12,16)17/h2-3,5,9H,4,6-7H2,1H3. The maximum atomic E-state index is 11.8. The predicted molar refractivity (Wildman–Crippen MR) is 69.1 cm³/mol. The molecule has 2 rings (SSSR count). The largest absolute Gasteiger partial charge is 0.296 e. The van der Waals surface area contributed by atoms with Crippen LogP contribution in [-0.4, -0.2) is 31.6 Å². The third-order valence-corrected chi connectivity index (χ3v) is 4.06. The molecule has 5 nitrogen and oxygen atoms in total. The van der Waals surface area contributed by atoms with E-state index in [4.69, 9.17) is 10.7 Å². The molecule has 0 bridgehead atoms. The van der Waals surface area contributed by atoms with Crippen LogP contribution in [0, 0.1) is 12.8 Å². The molecule has 1 aromatic heterocycles. The van der Waals surface area contributed by atoms with Gasteiger partial charge in [-0.3, -0.25) is 9.69 Å². The highest BCUT2D eigenvalue weighted by molar-refractivity contribution is 8.13. The Morgan fingerprint density at radius 2 is 2.22 bits per heavy atom. The Bertz CT molecular complexity index is 556. The van der Waals surface area contributed by atoms with Gasteiger partial charge in [0.15, 0.2) is 0 Å². The third-order valence-electron chi connectivity index (χ3n) is 2.81. The smallest absolute Gasteiger partial charge is 0.232 e. The van der Waals surface area contributed by atoms with E-state index in [0.29, 0.717) is 12.4 Å². The molecule has 0 aliphatic carbocycles. The molecule has 0 saturated carbocycles. The monoisotopic (exact) mass is 288 g/mol. The average molecular weight is 289 g/mol. The van der Waals surface area contributed by atoms with Gasteiger partial charge in [-0.05, 0) is 18.6 Å². The number of rotatable bonds is 3. The number of carbonyl (C=O) groups excluding carboxylic acids is 1. The zero-order chi connectivity index (χ0) is 13.3. The fourth-order valence-electron chi connectivity index (χ4n) is 2.02. The molecular weight excluding hydrogens is 276 g/mol. The molecule has 0 radical (unpaired) electrons. The molecule has 1 saturated heterocycles. The maximum Gasteiger partial charge on any atom is 0.232 e. The lowest BCUT2D eigenvalue weighted by molar-refractivity contribution is -0.117. The summed E-state index contributed by atoms with van der Waals surface area (Å²) in [6.45, 7) is 2.26. The minimum Gasteiger partial charge on any atom is -0.296 e. The molecule has 0 spiro atoms. The van der Waals surface area contributed by atoms with Crippen LogP contribution in [0.2, 0.25) is 0 Å². The van der Waals surface area contributed by atoms with Crippen molar-refractivity contribution in [2.75, 3.05) is 17.2 Å². The van der Waals surface area contributed by atoms with Crippen LogP contribution in [0.5, 0.6) is 0 Å². The van der Waals surface area contributed by atoms with Crippen molar-refractivity contribution in [3.8, 4) is 0 Å². The number of pyridine rings is 1. The van der Waals surface area contributed by atoms with Gasteiger partial charge in [-0.15, -0.1) is 0 Å². The second kappa shape index (κ2) is 4.85. The number of halogens is 1. The van der Waals surface area contributed by atoms with Crippen LogP contribution in [0.4, 0.5) is 5.82 Å². The molecule has 0 N–H and O–H groups in total. The van der Waals surface area contributed by atoms with Gasteiger partial charge in [0, 0.05) is 35.8 Å². The molecule has 7 heteroatoms. The zero-order valence-corrected chi connectivity index (χ0v) is 11.4. The number of hydrogen-bond donors (Lipinski definition) is 0. The van der Waals surface area contributed by atoms with Crippen LogP contribution in [0.15, 0.2) is 18.3 Å². The SMILES string of the molecule is Cc1ccc(N2CC(CS(=O)(=O)Cl)CC2=O)nc1. The van der Waals surface area contributed by atoms with E-state index in [0.717, 1.165) is 5.56 Å². The molecule has 1 aromatic rings. The highest BCUT2D eigenvalue weighted by Gasteiger charge is 2.33. The Balaban J connectivity index is 2.12. The van der Waals surface area contributed by atoms with Gasteiger partial charge >= 0.3 is 0 Å². The van der Waals surface area contributed by atoms with E-state index in [2.05, 4.69) is 4.98 Å². The number of aryl methyl sites for hydroxylation is 1. The van der Waals surface area contributed by atoms with Gasteiger partial charge in [0.05, 0.1) is 5.75 Å². The molecule has 2 heterocycles. The maximum absolute atomic E-state index is 11.8. The molecule has 1 fully saturated rings. The summed E-state index contributed by atoms with van der Waals surface area (Å²) < 4.78 is 22.0. The van der Waals surface area contributed by atoms with Gasteiger partial charge in [0.1, 0.15) is 5.82 Å². The Hall–Kier alpha value is -1.14. The van der Waals surface area contributed by atoms with E-state index in [1.165, 1.54) is 4.90 Å². The predicted octanol–water partition coefficient (Wildman–Crippen LogP) is 1.31. The first-order valence-corrected chi connectivity index (χ1v) is 7.98. The summed E-state index contributed by atoms with van der Waals surface area (Å²) >= 11 is 0. The minimum absolute atomic E-state index is 0.114. The first-order valence-electron chi connectivity index (χ1n) is 5.50. The second-order valence-corrected chi connectivity index (χ2v) is 7.30. The van der Waals surface area contributed by atoms with Gasteiger partial charge in [0.2, 0.25) is 15.0 Å². The molecular formula is C11H13ClN2O3S. The number of nitrogens with zero attached hydrogens (tertiary/aromatic N) is 2. The van der Waals surface area contributed by atoms with Crippen LogP contribution in [0.1, 0.15) is 12.0 Å². The number of amides is 1. The van der Waals surface area contributed by atoms with E-state index in [-0.39, 0.29) is 24.0 Å². The summed E-state index contributed by atoms with van der Waals surface area (Å²) in [5.74, 6) is 0.00249. The van der Waals surface area contributed by atoms with Gasteiger partial charge in [-0.2, -0.15) is 0 Å². The van der Waals surface area contributed by atoms with Crippen LogP contribution in [-0.2, 0) is 13.8 Å². The van der Waals surface area contributed by atoms with Gasteiger partial charge in [0.25, 0.3) is 0 Å². The van der Waals surface area contributed by atoms with Crippen LogP contribution < -0.4 is 4.90 Å². The highest BCUT2D eigenvalue weighted by atomic mass is 35.7. The topological polar surface area (TPSA) is 67.3 Å².